The van der Waals surface area contributed by atoms with Crippen LogP contribution in [0.15, 0.2) is 6.07 Å². The maximum absolute atomic E-state index is 9.58. The van der Waals surface area contributed by atoms with E-state index in [1.165, 1.54) is 0 Å². The van der Waals surface area contributed by atoms with Gasteiger partial charge in [-0.25, -0.2) is 4.98 Å². The smallest absolute Gasteiger partial charge is 0.218 e. The fourth-order valence-electron chi connectivity index (χ4n) is 1.16. The molecule has 0 saturated heterocycles. The van der Waals surface area contributed by atoms with Gasteiger partial charge in [0.15, 0.2) is 0 Å². The SMILES string of the molecule is CCOc1cc(NCC(C)(C)O)nc(C)n1. The second kappa shape index (κ2) is 5.12. The number of nitrogens with zero attached hydrogens (tertiary/aromatic N) is 2. The summed E-state index contributed by atoms with van der Waals surface area (Å²) in [5.74, 6) is 1.86. The lowest BCUT2D eigenvalue weighted by molar-refractivity contribution is 0.0944. The summed E-state index contributed by atoms with van der Waals surface area (Å²) >= 11 is 0. The lowest BCUT2D eigenvalue weighted by atomic mass is 10.1. The lowest BCUT2D eigenvalue weighted by Crippen LogP contribution is -2.29. The molecule has 0 radical (unpaired) electrons. The van der Waals surface area contributed by atoms with Gasteiger partial charge in [-0.1, -0.05) is 0 Å². The Morgan fingerprint density at radius 3 is 2.69 bits per heavy atom. The summed E-state index contributed by atoms with van der Waals surface area (Å²) in [6.07, 6.45) is 0. The Balaban J connectivity index is 2.72. The summed E-state index contributed by atoms with van der Waals surface area (Å²) in [4.78, 5) is 8.34. The molecule has 0 bridgehead atoms. The molecule has 1 heterocycles. The standard InChI is InChI=1S/C11H19N3O2/c1-5-16-10-6-9(13-8(2)14-10)12-7-11(3,4)15/h6,15H,5,7H2,1-4H3,(H,12,13,14). The van der Waals surface area contributed by atoms with Crippen LogP contribution in [0.2, 0.25) is 0 Å². The average Bonchev–Trinajstić information content (AvgIpc) is 2.13. The Kier molecular flexibility index (Phi) is 4.06. The third kappa shape index (κ3) is 4.44. The van der Waals surface area contributed by atoms with E-state index in [0.29, 0.717) is 30.7 Å². The second-order valence-corrected chi connectivity index (χ2v) is 4.24. The van der Waals surface area contributed by atoms with Crippen molar-refractivity contribution in [2.45, 2.75) is 33.3 Å². The van der Waals surface area contributed by atoms with E-state index < -0.39 is 5.60 Å². The van der Waals surface area contributed by atoms with Crippen molar-refractivity contribution in [3.05, 3.63) is 11.9 Å². The Hall–Kier alpha value is -1.36. The highest BCUT2D eigenvalue weighted by molar-refractivity contribution is 5.38. The summed E-state index contributed by atoms with van der Waals surface area (Å²) in [5.41, 5.74) is -0.773. The maximum Gasteiger partial charge on any atom is 0.218 e. The van der Waals surface area contributed by atoms with Crippen LogP contribution in [0.25, 0.3) is 0 Å². The van der Waals surface area contributed by atoms with Crippen LogP contribution in [-0.4, -0.2) is 33.8 Å². The molecule has 90 valence electrons. The van der Waals surface area contributed by atoms with Crippen molar-refractivity contribution in [3.8, 4) is 5.88 Å². The fraction of sp³-hybridized carbons (Fsp3) is 0.636. The average molecular weight is 225 g/mol. The summed E-state index contributed by atoms with van der Waals surface area (Å²) < 4.78 is 5.31. The molecule has 0 aliphatic heterocycles. The van der Waals surface area contributed by atoms with E-state index in [-0.39, 0.29) is 0 Å². The van der Waals surface area contributed by atoms with Gasteiger partial charge < -0.3 is 15.2 Å². The second-order valence-electron chi connectivity index (χ2n) is 4.24. The Morgan fingerprint density at radius 1 is 1.44 bits per heavy atom. The summed E-state index contributed by atoms with van der Waals surface area (Å²) in [6, 6.07) is 1.72. The molecule has 5 heteroatoms. The highest BCUT2D eigenvalue weighted by Gasteiger charge is 2.12. The lowest BCUT2D eigenvalue weighted by Gasteiger charge is -2.18. The minimum absolute atomic E-state index is 0.426. The molecular formula is C11H19N3O2. The molecule has 0 saturated carbocycles. The largest absolute Gasteiger partial charge is 0.478 e. The number of rotatable bonds is 5. The molecule has 0 spiro atoms. The van der Waals surface area contributed by atoms with Gasteiger partial charge in [0.25, 0.3) is 0 Å². The minimum atomic E-state index is -0.773. The van der Waals surface area contributed by atoms with Crippen LogP contribution in [0.3, 0.4) is 0 Å². The van der Waals surface area contributed by atoms with Crippen LogP contribution >= 0.6 is 0 Å². The first-order chi connectivity index (χ1) is 7.40. The Labute approximate surface area is 95.9 Å². The van der Waals surface area contributed by atoms with Crippen LogP contribution in [0.4, 0.5) is 5.82 Å². The summed E-state index contributed by atoms with van der Waals surface area (Å²) in [7, 11) is 0. The van der Waals surface area contributed by atoms with E-state index in [2.05, 4.69) is 15.3 Å². The summed E-state index contributed by atoms with van der Waals surface area (Å²) in [6.45, 7) is 8.17. The van der Waals surface area contributed by atoms with Crippen molar-refractivity contribution in [2.75, 3.05) is 18.5 Å². The van der Waals surface area contributed by atoms with Crippen molar-refractivity contribution in [1.82, 2.24) is 9.97 Å². The molecule has 0 fully saturated rings. The zero-order valence-corrected chi connectivity index (χ0v) is 10.2. The number of aliphatic hydroxyl groups is 1. The predicted octanol–water partition coefficient (Wildman–Crippen LogP) is 1.37. The third-order valence-corrected chi connectivity index (χ3v) is 1.81. The van der Waals surface area contributed by atoms with E-state index in [1.807, 2.05) is 6.92 Å². The van der Waals surface area contributed by atoms with Gasteiger partial charge in [-0.15, -0.1) is 0 Å². The molecule has 2 N–H and O–H groups in total. The Morgan fingerprint density at radius 2 is 2.12 bits per heavy atom. The first kappa shape index (κ1) is 12.7. The molecule has 1 rings (SSSR count). The molecule has 1 aromatic heterocycles. The quantitative estimate of drug-likeness (QED) is 0.792. The van der Waals surface area contributed by atoms with Gasteiger partial charge in [-0.05, 0) is 27.7 Å². The van der Waals surface area contributed by atoms with E-state index in [4.69, 9.17) is 4.74 Å². The zero-order chi connectivity index (χ0) is 12.2. The number of hydrogen-bond acceptors (Lipinski definition) is 5. The highest BCUT2D eigenvalue weighted by atomic mass is 16.5. The predicted molar refractivity (Wildman–Crippen MR) is 62.7 cm³/mol. The third-order valence-electron chi connectivity index (χ3n) is 1.81. The van der Waals surface area contributed by atoms with Gasteiger partial charge in [0.2, 0.25) is 5.88 Å². The molecule has 0 unspecified atom stereocenters. The van der Waals surface area contributed by atoms with Crippen LogP contribution in [0.1, 0.15) is 26.6 Å². The number of nitrogens with one attached hydrogen (secondary N) is 1. The van der Waals surface area contributed by atoms with Gasteiger partial charge in [0.05, 0.1) is 12.2 Å². The van der Waals surface area contributed by atoms with Crippen molar-refractivity contribution in [3.63, 3.8) is 0 Å². The van der Waals surface area contributed by atoms with Crippen molar-refractivity contribution < 1.29 is 9.84 Å². The van der Waals surface area contributed by atoms with E-state index in [9.17, 15) is 5.11 Å². The molecular weight excluding hydrogens is 206 g/mol. The molecule has 0 atom stereocenters. The molecule has 5 nitrogen and oxygen atoms in total. The molecule has 0 aliphatic carbocycles. The van der Waals surface area contributed by atoms with Gasteiger partial charge in [-0.2, -0.15) is 4.98 Å². The molecule has 1 aromatic rings. The topological polar surface area (TPSA) is 67.3 Å². The van der Waals surface area contributed by atoms with Crippen LogP contribution in [0.5, 0.6) is 5.88 Å². The van der Waals surface area contributed by atoms with E-state index >= 15 is 0 Å². The number of aromatic nitrogens is 2. The van der Waals surface area contributed by atoms with Gasteiger partial charge in [-0.3, -0.25) is 0 Å². The molecule has 0 aliphatic rings. The van der Waals surface area contributed by atoms with E-state index in [1.54, 1.807) is 26.8 Å². The van der Waals surface area contributed by atoms with Crippen LogP contribution in [0, 0.1) is 6.92 Å². The van der Waals surface area contributed by atoms with Crippen molar-refractivity contribution in [2.24, 2.45) is 0 Å². The van der Waals surface area contributed by atoms with E-state index in [0.717, 1.165) is 0 Å². The first-order valence-corrected chi connectivity index (χ1v) is 5.35. The Bertz CT molecular complexity index is 348. The van der Waals surface area contributed by atoms with Gasteiger partial charge >= 0.3 is 0 Å². The molecule has 0 amide bonds. The van der Waals surface area contributed by atoms with Crippen LogP contribution in [-0.2, 0) is 0 Å². The summed E-state index contributed by atoms with van der Waals surface area (Å²) in [5, 5.41) is 12.6. The van der Waals surface area contributed by atoms with Crippen molar-refractivity contribution in [1.29, 1.82) is 0 Å². The first-order valence-electron chi connectivity index (χ1n) is 5.35. The number of anilines is 1. The van der Waals surface area contributed by atoms with Gasteiger partial charge in [0, 0.05) is 12.6 Å². The van der Waals surface area contributed by atoms with Crippen molar-refractivity contribution >= 4 is 5.82 Å². The number of hydrogen-bond donors (Lipinski definition) is 2. The monoisotopic (exact) mass is 225 g/mol. The molecule has 0 aromatic carbocycles. The number of aryl methyl sites for hydroxylation is 1. The molecule has 16 heavy (non-hydrogen) atoms. The zero-order valence-electron chi connectivity index (χ0n) is 10.2. The highest BCUT2D eigenvalue weighted by Crippen LogP contribution is 2.14. The number of ether oxygens (including phenoxy) is 1. The van der Waals surface area contributed by atoms with Crippen LogP contribution < -0.4 is 10.1 Å². The normalized spacial score (nSPS) is 11.3. The maximum atomic E-state index is 9.58. The van der Waals surface area contributed by atoms with Gasteiger partial charge in [0.1, 0.15) is 11.6 Å². The fourth-order valence-corrected chi connectivity index (χ4v) is 1.16. The minimum Gasteiger partial charge on any atom is -0.478 e.